The van der Waals surface area contributed by atoms with Gasteiger partial charge in [-0.1, -0.05) is 35.9 Å². The van der Waals surface area contributed by atoms with Crippen molar-refractivity contribution < 1.29 is 17.9 Å². The maximum absolute atomic E-state index is 13.5. The molecule has 0 aliphatic carbocycles. The molecule has 0 radical (unpaired) electrons. The Bertz CT molecular complexity index is 1250. The number of rotatable bonds is 8. The van der Waals surface area contributed by atoms with Gasteiger partial charge in [-0.3, -0.25) is 9.10 Å². The zero-order chi connectivity index (χ0) is 24.0. The lowest BCUT2D eigenvalue weighted by atomic mass is 10.1. The first kappa shape index (κ1) is 24.0. The Labute approximate surface area is 194 Å². The van der Waals surface area contributed by atoms with Crippen LogP contribution in [-0.2, 0) is 14.8 Å². The van der Waals surface area contributed by atoms with E-state index in [9.17, 15) is 13.2 Å². The molecule has 3 aromatic rings. The number of hydrazone groups is 1. The van der Waals surface area contributed by atoms with Crippen LogP contribution in [0.5, 0.6) is 5.75 Å². The fraction of sp³-hybridized carbons (Fsp3) is 0.200. The van der Waals surface area contributed by atoms with Crippen molar-refractivity contribution in [2.24, 2.45) is 5.10 Å². The Kier molecular flexibility index (Phi) is 7.50. The van der Waals surface area contributed by atoms with E-state index in [-0.39, 0.29) is 4.90 Å². The second-order valence-electron chi connectivity index (χ2n) is 7.74. The van der Waals surface area contributed by atoms with Crippen LogP contribution in [0.3, 0.4) is 0 Å². The fourth-order valence-corrected chi connectivity index (χ4v) is 4.72. The molecule has 0 aliphatic heterocycles. The molecule has 0 aromatic heterocycles. The van der Waals surface area contributed by atoms with Gasteiger partial charge < -0.3 is 4.74 Å². The van der Waals surface area contributed by atoms with E-state index in [0.29, 0.717) is 11.4 Å². The summed E-state index contributed by atoms with van der Waals surface area (Å²) in [7, 11) is -2.42. The molecule has 0 atom stereocenters. The molecule has 33 heavy (non-hydrogen) atoms. The van der Waals surface area contributed by atoms with Crippen molar-refractivity contribution in [1.29, 1.82) is 0 Å². The van der Waals surface area contributed by atoms with E-state index in [1.165, 1.54) is 6.21 Å². The molecular formula is C25H27N3O4S. The predicted octanol–water partition coefficient (Wildman–Crippen LogP) is 3.97. The number of sulfonamides is 1. The Morgan fingerprint density at radius 3 is 2.27 bits per heavy atom. The highest BCUT2D eigenvalue weighted by molar-refractivity contribution is 7.92. The van der Waals surface area contributed by atoms with E-state index in [2.05, 4.69) is 10.5 Å². The van der Waals surface area contributed by atoms with Crippen LogP contribution in [0, 0.1) is 20.8 Å². The summed E-state index contributed by atoms with van der Waals surface area (Å²) in [5.74, 6) is 0.0967. The van der Waals surface area contributed by atoms with E-state index in [4.69, 9.17) is 4.74 Å². The summed E-state index contributed by atoms with van der Waals surface area (Å²) in [6, 6.07) is 19.1. The third kappa shape index (κ3) is 6.20. The molecule has 0 bridgehead atoms. The van der Waals surface area contributed by atoms with Crippen LogP contribution >= 0.6 is 0 Å². The minimum absolute atomic E-state index is 0.111. The van der Waals surface area contributed by atoms with Gasteiger partial charge in [0, 0.05) is 0 Å². The molecule has 0 fully saturated rings. The summed E-state index contributed by atoms with van der Waals surface area (Å²) < 4.78 is 33.2. The van der Waals surface area contributed by atoms with Gasteiger partial charge in [0.2, 0.25) is 0 Å². The predicted molar refractivity (Wildman–Crippen MR) is 130 cm³/mol. The van der Waals surface area contributed by atoms with Crippen molar-refractivity contribution in [3.63, 3.8) is 0 Å². The Hall–Kier alpha value is -3.65. The molecule has 0 saturated carbocycles. The summed E-state index contributed by atoms with van der Waals surface area (Å²) in [5.41, 5.74) is 6.29. The second kappa shape index (κ2) is 10.3. The molecule has 0 saturated heterocycles. The van der Waals surface area contributed by atoms with Crippen molar-refractivity contribution in [1.82, 2.24) is 5.43 Å². The maximum atomic E-state index is 13.5. The Balaban J connectivity index is 1.87. The van der Waals surface area contributed by atoms with Gasteiger partial charge in [-0.15, -0.1) is 0 Å². The van der Waals surface area contributed by atoms with Crippen LogP contribution in [0.4, 0.5) is 5.69 Å². The van der Waals surface area contributed by atoms with Gasteiger partial charge in [0.15, 0.2) is 0 Å². The maximum Gasteiger partial charge on any atom is 0.264 e. The number of carbonyl (C=O) groups excluding carboxylic acids is 1. The molecule has 3 rings (SSSR count). The van der Waals surface area contributed by atoms with Crippen LogP contribution in [-0.4, -0.2) is 34.2 Å². The molecule has 7 nitrogen and oxygen atoms in total. The number of hydrogen-bond donors (Lipinski definition) is 1. The first-order valence-corrected chi connectivity index (χ1v) is 11.8. The van der Waals surface area contributed by atoms with Crippen molar-refractivity contribution in [2.75, 3.05) is 18.0 Å². The second-order valence-corrected chi connectivity index (χ2v) is 9.60. The van der Waals surface area contributed by atoms with Gasteiger partial charge in [0.05, 0.1) is 23.9 Å². The first-order valence-electron chi connectivity index (χ1n) is 10.3. The molecule has 172 valence electrons. The smallest absolute Gasteiger partial charge is 0.264 e. The number of nitrogens with zero attached hydrogens (tertiary/aromatic N) is 2. The SMILES string of the molecule is COc1cccc(/C=N\NC(=O)CN(c2cc(C)cc(C)c2)S(=O)(=O)c2ccc(C)cc2)c1. The number of ether oxygens (including phenoxy) is 1. The number of nitrogens with one attached hydrogen (secondary N) is 1. The zero-order valence-electron chi connectivity index (χ0n) is 19.1. The van der Waals surface area contributed by atoms with Crippen molar-refractivity contribution in [3.8, 4) is 5.75 Å². The van der Waals surface area contributed by atoms with Crippen LogP contribution < -0.4 is 14.5 Å². The number of methoxy groups -OCH3 is 1. The van der Waals surface area contributed by atoms with Gasteiger partial charge >= 0.3 is 0 Å². The summed E-state index contributed by atoms with van der Waals surface area (Å²) in [6.07, 6.45) is 1.47. The first-order chi connectivity index (χ1) is 15.7. The minimum Gasteiger partial charge on any atom is -0.497 e. The highest BCUT2D eigenvalue weighted by Gasteiger charge is 2.27. The number of aryl methyl sites for hydroxylation is 3. The third-order valence-corrected chi connectivity index (χ3v) is 6.68. The number of hydrogen-bond acceptors (Lipinski definition) is 5. The normalized spacial score (nSPS) is 11.4. The van der Waals surface area contributed by atoms with E-state index in [0.717, 1.165) is 26.6 Å². The molecule has 0 aliphatic rings. The van der Waals surface area contributed by atoms with Crippen molar-refractivity contribution in [2.45, 2.75) is 25.7 Å². The lowest BCUT2D eigenvalue weighted by molar-refractivity contribution is -0.119. The summed E-state index contributed by atoms with van der Waals surface area (Å²) in [5, 5.41) is 3.96. The van der Waals surface area contributed by atoms with Crippen LogP contribution in [0.1, 0.15) is 22.3 Å². The number of anilines is 1. The largest absolute Gasteiger partial charge is 0.497 e. The average molecular weight is 466 g/mol. The van der Waals surface area contributed by atoms with Gasteiger partial charge in [-0.2, -0.15) is 5.10 Å². The molecule has 8 heteroatoms. The minimum atomic E-state index is -3.98. The zero-order valence-corrected chi connectivity index (χ0v) is 19.9. The highest BCUT2D eigenvalue weighted by Crippen LogP contribution is 2.26. The molecule has 3 aromatic carbocycles. The van der Waals surface area contributed by atoms with E-state index >= 15 is 0 Å². The summed E-state index contributed by atoms with van der Waals surface area (Å²) >= 11 is 0. The molecule has 0 heterocycles. The van der Waals surface area contributed by atoms with Crippen LogP contribution in [0.2, 0.25) is 0 Å². The fourth-order valence-electron chi connectivity index (χ4n) is 3.31. The molecule has 1 amide bonds. The lowest BCUT2D eigenvalue weighted by Gasteiger charge is -2.24. The lowest BCUT2D eigenvalue weighted by Crippen LogP contribution is -2.39. The van der Waals surface area contributed by atoms with Gasteiger partial charge in [0.25, 0.3) is 15.9 Å². The van der Waals surface area contributed by atoms with E-state index < -0.39 is 22.5 Å². The Morgan fingerprint density at radius 1 is 0.970 bits per heavy atom. The molecule has 0 unspecified atom stereocenters. The van der Waals surface area contributed by atoms with Gasteiger partial charge in [-0.05, 0) is 73.9 Å². The van der Waals surface area contributed by atoms with E-state index in [1.807, 2.05) is 32.9 Å². The van der Waals surface area contributed by atoms with Crippen molar-refractivity contribution >= 4 is 27.8 Å². The van der Waals surface area contributed by atoms with Crippen LogP contribution in [0.25, 0.3) is 0 Å². The number of carbonyl (C=O) groups is 1. The van der Waals surface area contributed by atoms with Gasteiger partial charge in [0.1, 0.15) is 12.3 Å². The monoisotopic (exact) mass is 465 g/mol. The summed E-state index contributed by atoms with van der Waals surface area (Å²) in [6.45, 7) is 5.22. The Morgan fingerprint density at radius 2 is 1.64 bits per heavy atom. The highest BCUT2D eigenvalue weighted by atomic mass is 32.2. The van der Waals surface area contributed by atoms with Crippen LogP contribution in [0.15, 0.2) is 76.7 Å². The topological polar surface area (TPSA) is 88.1 Å². The average Bonchev–Trinajstić information content (AvgIpc) is 2.77. The quantitative estimate of drug-likeness (QED) is 0.403. The molecule has 1 N–H and O–H groups in total. The van der Waals surface area contributed by atoms with E-state index in [1.54, 1.807) is 61.7 Å². The standard InChI is InChI=1S/C25H27N3O4S/c1-18-8-10-24(11-9-18)33(30,31)28(22-13-19(2)12-20(3)14-22)17-25(29)27-26-16-21-6-5-7-23(15-21)32-4/h5-16H,17H2,1-4H3,(H,27,29)/b26-16-. The van der Waals surface area contributed by atoms with Gasteiger partial charge in [-0.25, -0.2) is 13.8 Å². The third-order valence-electron chi connectivity index (χ3n) is 4.89. The molecule has 0 spiro atoms. The molecular weight excluding hydrogens is 438 g/mol. The van der Waals surface area contributed by atoms with Crippen molar-refractivity contribution in [3.05, 3.63) is 89.0 Å². The number of amides is 1. The summed E-state index contributed by atoms with van der Waals surface area (Å²) in [4.78, 5) is 12.8. The number of benzene rings is 3.